The van der Waals surface area contributed by atoms with Crippen molar-refractivity contribution in [1.82, 2.24) is 10.2 Å². The van der Waals surface area contributed by atoms with Gasteiger partial charge in [-0.1, -0.05) is 6.07 Å². The van der Waals surface area contributed by atoms with E-state index < -0.39 is 6.10 Å². The van der Waals surface area contributed by atoms with Crippen LogP contribution in [-0.2, 0) is 17.7 Å². The molecule has 0 spiro atoms. The summed E-state index contributed by atoms with van der Waals surface area (Å²) in [6, 6.07) is 12.7. The van der Waals surface area contributed by atoms with Crippen LogP contribution in [0.5, 0.6) is 5.75 Å². The van der Waals surface area contributed by atoms with Crippen molar-refractivity contribution in [2.45, 2.75) is 50.4 Å². The molecule has 2 aliphatic rings. The number of aliphatic hydroxyl groups excluding tert-OH is 1. The molecule has 0 radical (unpaired) electrons. The summed E-state index contributed by atoms with van der Waals surface area (Å²) in [5.41, 5.74) is 8.89. The average molecular weight is 468 g/mol. The molecule has 0 aromatic heterocycles. The summed E-state index contributed by atoms with van der Waals surface area (Å²) >= 11 is 0. The molecule has 2 saturated heterocycles. The second-order valence-electron chi connectivity index (χ2n) is 8.95. The van der Waals surface area contributed by atoms with Gasteiger partial charge in [0.2, 0.25) is 0 Å². The number of ether oxygens (including phenoxy) is 2. The van der Waals surface area contributed by atoms with Gasteiger partial charge in [0.1, 0.15) is 5.75 Å². The number of nitrogens with one attached hydrogen (secondary N) is 1. The third-order valence-electron chi connectivity index (χ3n) is 6.75. The van der Waals surface area contributed by atoms with Crippen LogP contribution in [0.25, 0.3) is 0 Å². The standard InChI is InChI=1S/C26H33N3O5/c1-33-24-11-7-17(20(12-24)13-27)6-10-23(30)14-28-25(31)18-2-4-19(5-3-18)26(32)29-21-8-9-22(29)16-34-15-21/h2-5,7,11-12,21-23,30H,6,8-10,13-16,27H2,1H3,(H,28,31). The molecule has 4 rings (SSSR count). The van der Waals surface area contributed by atoms with Gasteiger partial charge in [-0.25, -0.2) is 0 Å². The lowest BCUT2D eigenvalue weighted by Crippen LogP contribution is -2.49. The summed E-state index contributed by atoms with van der Waals surface area (Å²) in [4.78, 5) is 27.4. The van der Waals surface area contributed by atoms with Crippen LogP contribution in [0, 0.1) is 0 Å². The summed E-state index contributed by atoms with van der Waals surface area (Å²) < 4.78 is 10.8. The number of aliphatic hydroxyl groups is 1. The van der Waals surface area contributed by atoms with Gasteiger partial charge in [0.25, 0.3) is 11.8 Å². The average Bonchev–Trinajstić information content (AvgIpc) is 3.13. The molecule has 2 aliphatic heterocycles. The number of aryl methyl sites for hydroxylation is 1. The lowest BCUT2D eigenvalue weighted by atomic mass is 10.0. The molecular weight excluding hydrogens is 434 g/mol. The lowest BCUT2D eigenvalue weighted by Gasteiger charge is -2.34. The highest BCUT2D eigenvalue weighted by molar-refractivity contribution is 5.98. The molecular formula is C26H33N3O5. The summed E-state index contributed by atoms with van der Waals surface area (Å²) in [5.74, 6) is 0.465. The van der Waals surface area contributed by atoms with Crippen LogP contribution in [0.15, 0.2) is 42.5 Å². The molecule has 2 bridgehead atoms. The van der Waals surface area contributed by atoms with E-state index in [0.29, 0.717) is 43.7 Å². The third-order valence-corrected chi connectivity index (χ3v) is 6.75. The van der Waals surface area contributed by atoms with E-state index in [9.17, 15) is 14.7 Å². The van der Waals surface area contributed by atoms with Crippen molar-refractivity contribution < 1.29 is 24.2 Å². The minimum absolute atomic E-state index is 0.00596. The Morgan fingerprint density at radius 3 is 2.44 bits per heavy atom. The van der Waals surface area contributed by atoms with Crippen LogP contribution < -0.4 is 15.8 Å². The van der Waals surface area contributed by atoms with Gasteiger partial charge in [-0.2, -0.15) is 0 Å². The highest BCUT2D eigenvalue weighted by atomic mass is 16.5. The van der Waals surface area contributed by atoms with Crippen LogP contribution in [-0.4, -0.2) is 66.9 Å². The smallest absolute Gasteiger partial charge is 0.254 e. The molecule has 2 aromatic rings. The van der Waals surface area contributed by atoms with Gasteiger partial charge < -0.3 is 30.5 Å². The van der Waals surface area contributed by atoms with Crippen LogP contribution in [0.1, 0.15) is 51.1 Å². The van der Waals surface area contributed by atoms with Gasteiger partial charge >= 0.3 is 0 Å². The van der Waals surface area contributed by atoms with Gasteiger partial charge in [-0.3, -0.25) is 9.59 Å². The predicted molar refractivity (Wildman–Crippen MR) is 128 cm³/mol. The Morgan fingerprint density at radius 1 is 1.12 bits per heavy atom. The molecule has 4 N–H and O–H groups in total. The zero-order chi connectivity index (χ0) is 24.1. The molecule has 2 amide bonds. The maximum Gasteiger partial charge on any atom is 0.254 e. The Hall–Kier alpha value is -2.94. The molecule has 3 atom stereocenters. The zero-order valence-electron chi connectivity index (χ0n) is 19.5. The van der Waals surface area contributed by atoms with E-state index in [-0.39, 0.29) is 30.4 Å². The zero-order valence-corrected chi connectivity index (χ0v) is 19.5. The SMILES string of the molecule is COc1ccc(CCC(O)CNC(=O)c2ccc(C(=O)N3C4CCC3COC4)cc2)c(CN)c1. The molecule has 3 unspecified atom stereocenters. The van der Waals surface area contributed by atoms with Crippen LogP contribution >= 0.6 is 0 Å². The molecule has 182 valence electrons. The van der Waals surface area contributed by atoms with E-state index >= 15 is 0 Å². The number of carbonyl (C=O) groups is 2. The highest BCUT2D eigenvalue weighted by Gasteiger charge is 2.40. The predicted octanol–water partition coefficient (Wildman–Crippen LogP) is 1.88. The first-order valence-electron chi connectivity index (χ1n) is 11.8. The number of rotatable bonds is 9. The quantitative estimate of drug-likeness (QED) is 0.519. The van der Waals surface area contributed by atoms with Crippen molar-refractivity contribution in [2.75, 3.05) is 26.9 Å². The van der Waals surface area contributed by atoms with Gasteiger partial charge in [-0.05, 0) is 73.2 Å². The van der Waals surface area contributed by atoms with E-state index in [1.807, 2.05) is 23.1 Å². The van der Waals surface area contributed by atoms with E-state index in [0.717, 1.165) is 29.7 Å². The van der Waals surface area contributed by atoms with E-state index in [2.05, 4.69) is 5.32 Å². The fourth-order valence-corrected chi connectivity index (χ4v) is 4.77. The minimum Gasteiger partial charge on any atom is -0.497 e. The summed E-state index contributed by atoms with van der Waals surface area (Å²) in [6.45, 7) is 1.73. The largest absolute Gasteiger partial charge is 0.497 e. The fourth-order valence-electron chi connectivity index (χ4n) is 4.77. The van der Waals surface area contributed by atoms with Gasteiger partial charge in [0, 0.05) is 24.2 Å². The van der Waals surface area contributed by atoms with Gasteiger partial charge in [0.15, 0.2) is 0 Å². The molecule has 0 aliphatic carbocycles. The molecule has 2 aromatic carbocycles. The van der Waals surface area contributed by atoms with Crippen LogP contribution in [0.2, 0.25) is 0 Å². The number of morpholine rings is 1. The highest BCUT2D eigenvalue weighted by Crippen LogP contribution is 2.30. The van der Waals surface area contributed by atoms with Gasteiger partial charge in [-0.15, -0.1) is 0 Å². The number of benzene rings is 2. The Bertz CT molecular complexity index is 994. The molecule has 2 heterocycles. The first-order chi connectivity index (χ1) is 16.5. The lowest BCUT2D eigenvalue weighted by molar-refractivity contribution is -0.00716. The van der Waals surface area contributed by atoms with Crippen molar-refractivity contribution >= 4 is 11.8 Å². The normalized spacial score (nSPS) is 20.1. The van der Waals surface area contributed by atoms with Crippen molar-refractivity contribution in [1.29, 1.82) is 0 Å². The van der Waals surface area contributed by atoms with Crippen LogP contribution in [0.4, 0.5) is 0 Å². The number of methoxy groups -OCH3 is 1. The van der Waals surface area contributed by atoms with Crippen LogP contribution in [0.3, 0.4) is 0 Å². The summed E-state index contributed by atoms with van der Waals surface area (Å²) in [5, 5.41) is 13.1. The van der Waals surface area contributed by atoms with Crippen molar-refractivity contribution in [3.8, 4) is 5.75 Å². The maximum absolute atomic E-state index is 12.9. The fraction of sp³-hybridized carbons (Fsp3) is 0.462. The maximum atomic E-state index is 12.9. The molecule has 34 heavy (non-hydrogen) atoms. The molecule has 8 nitrogen and oxygen atoms in total. The Morgan fingerprint density at radius 2 is 1.79 bits per heavy atom. The number of amides is 2. The Balaban J connectivity index is 1.26. The minimum atomic E-state index is -0.686. The first-order valence-corrected chi connectivity index (χ1v) is 11.8. The number of hydrogen-bond donors (Lipinski definition) is 3. The third kappa shape index (κ3) is 5.41. The monoisotopic (exact) mass is 467 g/mol. The number of fused-ring (bicyclic) bond motifs is 2. The molecule has 0 saturated carbocycles. The second-order valence-corrected chi connectivity index (χ2v) is 8.95. The van der Waals surface area contributed by atoms with E-state index in [1.165, 1.54) is 0 Å². The first kappa shape index (κ1) is 24.2. The van der Waals surface area contributed by atoms with Crippen molar-refractivity contribution in [3.63, 3.8) is 0 Å². The topological polar surface area (TPSA) is 114 Å². The summed E-state index contributed by atoms with van der Waals surface area (Å²) in [6.07, 6.45) is 2.41. The Labute approximate surface area is 200 Å². The molecule has 8 heteroatoms. The molecule has 2 fully saturated rings. The number of nitrogens with two attached hydrogens (primary N) is 1. The Kier molecular flexibility index (Phi) is 7.82. The summed E-state index contributed by atoms with van der Waals surface area (Å²) in [7, 11) is 1.61. The number of carbonyl (C=O) groups excluding carboxylic acids is 2. The second kappa shape index (κ2) is 11.0. The number of nitrogens with zero attached hydrogens (tertiary/aromatic N) is 1. The van der Waals surface area contributed by atoms with E-state index in [1.54, 1.807) is 31.4 Å². The van der Waals surface area contributed by atoms with Crippen molar-refractivity contribution in [2.24, 2.45) is 5.73 Å². The van der Waals surface area contributed by atoms with E-state index in [4.69, 9.17) is 15.2 Å². The van der Waals surface area contributed by atoms with Crippen molar-refractivity contribution in [3.05, 3.63) is 64.7 Å². The number of hydrogen-bond acceptors (Lipinski definition) is 6. The van der Waals surface area contributed by atoms with Gasteiger partial charge in [0.05, 0.1) is 38.5 Å².